The topological polar surface area (TPSA) is 116 Å². The fourth-order valence-electron chi connectivity index (χ4n) is 3.36. The fraction of sp³-hybridized carbons (Fsp3) is 0.421. The van der Waals surface area contributed by atoms with E-state index in [1.54, 1.807) is 20.9 Å². The second-order valence-corrected chi connectivity index (χ2v) is 9.56. The molecule has 0 saturated heterocycles. The van der Waals surface area contributed by atoms with Crippen LogP contribution in [0.5, 0.6) is 0 Å². The molecule has 0 radical (unpaired) electrons. The van der Waals surface area contributed by atoms with Gasteiger partial charge in [-0.1, -0.05) is 5.16 Å². The number of sulfonamides is 1. The Labute approximate surface area is 167 Å². The van der Waals surface area contributed by atoms with Gasteiger partial charge in [0.05, 0.1) is 28.0 Å². The summed E-state index contributed by atoms with van der Waals surface area (Å²) < 4.78 is 35.6. The molecule has 1 aromatic carbocycles. The number of rotatable bonds is 5. The van der Waals surface area contributed by atoms with E-state index in [2.05, 4.69) is 9.88 Å². The van der Waals surface area contributed by atoms with E-state index < -0.39 is 26.8 Å². The lowest BCUT2D eigenvalue weighted by Gasteiger charge is -2.14. The van der Waals surface area contributed by atoms with Crippen molar-refractivity contribution in [3.63, 3.8) is 0 Å². The molecule has 0 aliphatic heterocycles. The van der Waals surface area contributed by atoms with Crippen LogP contribution in [0.15, 0.2) is 37.2 Å². The summed E-state index contributed by atoms with van der Waals surface area (Å²) in [6.45, 7) is 5.28. The third-order valence-corrected chi connectivity index (χ3v) is 7.15. The van der Waals surface area contributed by atoms with E-state index in [-0.39, 0.29) is 16.8 Å². The first-order valence-electron chi connectivity index (χ1n) is 9.22. The predicted molar refractivity (Wildman–Crippen MR) is 106 cm³/mol. The van der Waals surface area contributed by atoms with Gasteiger partial charge in [-0.05, 0) is 51.8 Å². The van der Waals surface area contributed by atoms with Crippen molar-refractivity contribution in [2.24, 2.45) is 7.05 Å². The molecule has 10 heteroatoms. The van der Waals surface area contributed by atoms with E-state index in [0.717, 1.165) is 17.4 Å². The first-order chi connectivity index (χ1) is 13.5. The molecule has 1 fully saturated rings. The first kappa shape index (κ1) is 19.6. The lowest BCUT2D eigenvalue weighted by molar-refractivity contribution is 0.392. The maximum absolute atomic E-state index is 13.1. The van der Waals surface area contributed by atoms with E-state index in [1.165, 1.54) is 22.8 Å². The third kappa shape index (κ3) is 3.32. The Balaban J connectivity index is 1.88. The minimum atomic E-state index is -3.77. The quantitative estimate of drug-likeness (QED) is 0.665. The first-order valence-corrected chi connectivity index (χ1v) is 10.7. The maximum atomic E-state index is 13.1. The monoisotopic (exact) mass is 418 g/mol. The van der Waals surface area contributed by atoms with E-state index in [4.69, 9.17) is 4.52 Å². The molecule has 2 aromatic heterocycles. The summed E-state index contributed by atoms with van der Waals surface area (Å²) in [6.07, 6.45) is 1.55. The molecule has 1 aliphatic carbocycles. The Morgan fingerprint density at radius 3 is 2.52 bits per heavy atom. The van der Waals surface area contributed by atoms with Gasteiger partial charge < -0.3 is 4.52 Å². The van der Waals surface area contributed by atoms with Gasteiger partial charge in [0.1, 0.15) is 5.76 Å². The zero-order chi connectivity index (χ0) is 21.1. The van der Waals surface area contributed by atoms with Crippen molar-refractivity contribution in [1.29, 1.82) is 0 Å². The summed E-state index contributed by atoms with van der Waals surface area (Å²) in [5.74, 6) is 0.523. The molecule has 2 heterocycles. The minimum Gasteiger partial charge on any atom is -0.361 e. The molecule has 0 spiro atoms. The predicted octanol–water partition coefficient (Wildman–Crippen LogP) is 1.18. The summed E-state index contributed by atoms with van der Waals surface area (Å²) in [6, 6.07) is 4.23. The molecule has 0 atom stereocenters. The third-order valence-electron chi connectivity index (χ3n) is 5.51. The highest BCUT2D eigenvalue weighted by Crippen LogP contribution is 2.36. The van der Waals surface area contributed by atoms with Crippen LogP contribution in [0.4, 0.5) is 0 Å². The highest BCUT2D eigenvalue weighted by Gasteiger charge is 2.41. The van der Waals surface area contributed by atoms with Crippen molar-refractivity contribution < 1.29 is 12.9 Å². The van der Waals surface area contributed by atoms with Gasteiger partial charge >= 0.3 is 5.69 Å². The molecule has 0 amide bonds. The summed E-state index contributed by atoms with van der Waals surface area (Å²) in [4.78, 5) is 25.9. The molecule has 0 bridgehead atoms. The Morgan fingerprint density at radius 2 is 1.93 bits per heavy atom. The lowest BCUT2D eigenvalue weighted by Crippen LogP contribution is -2.39. The molecule has 154 valence electrons. The zero-order valence-corrected chi connectivity index (χ0v) is 17.5. The number of hydrogen-bond donors (Lipinski definition) is 1. The number of fused-ring (bicyclic) bond motifs is 1. The number of benzene rings is 1. The molecule has 9 nitrogen and oxygen atoms in total. The fourth-order valence-corrected chi connectivity index (χ4v) is 4.85. The van der Waals surface area contributed by atoms with Crippen molar-refractivity contribution in [2.45, 2.75) is 50.6 Å². The average Bonchev–Trinajstić information content (AvgIpc) is 3.30. The standard InChI is InChI=1S/C19H22N4O5S/c1-11-15(12(2)28-20-11)10-23-17(24)14-9-13(5-6-16(14)22(4)18(23)25)29(26,27)21-19(3)7-8-19/h5-6,9,21H,7-8,10H2,1-4H3. The van der Waals surface area contributed by atoms with Gasteiger partial charge in [-0.15, -0.1) is 0 Å². The molecule has 29 heavy (non-hydrogen) atoms. The van der Waals surface area contributed by atoms with Gasteiger partial charge in [-0.2, -0.15) is 0 Å². The Hall–Kier alpha value is -2.72. The minimum absolute atomic E-state index is 0.00207. The molecule has 1 aliphatic rings. The van der Waals surface area contributed by atoms with Crippen LogP contribution in [0.25, 0.3) is 10.9 Å². The highest BCUT2D eigenvalue weighted by atomic mass is 32.2. The average molecular weight is 418 g/mol. The Kier molecular flexibility index (Phi) is 4.32. The smallest absolute Gasteiger partial charge is 0.331 e. The summed E-state index contributed by atoms with van der Waals surface area (Å²) in [5.41, 5.74) is 0.123. The van der Waals surface area contributed by atoms with E-state index >= 15 is 0 Å². The van der Waals surface area contributed by atoms with Gasteiger partial charge in [-0.25, -0.2) is 17.9 Å². The molecular weight excluding hydrogens is 396 g/mol. The van der Waals surface area contributed by atoms with Crippen LogP contribution in [0, 0.1) is 13.8 Å². The number of nitrogens with one attached hydrogen (secondary N) is 1. The largest absolute Gasteiger partial charge is 0.361 e. The van der Waals surface area contributed by atoms with Crippen molar-refractivity contribution in [1.82, 2.24) is 19.0 Å². The van der Waals surface area contributed by atoms with Crippen molar-refractivity contribution in [3.8, 4) is 0 Å². The van der Waals surface area contributed by atoms with Gasteiger partial charge in [0.2, 0.25) is 10.0 Å². The number of nitrogens with zero attached hydrogens (tertiary/aromatic N) is 3. The summed E-state index contributed by atoms with van der Waals surface area (Å²) >= 11 is 0. The van der Waals surface area contributed by atoms with Crippen LogP contribution in [0.2, 0.25) is 0 Å². The van der Waals surface area contributed by atoms with Gasteiger partial charge in [0.15, 0.2) is 0 Å². The SMILES string of the molecule is Cc1noc(C)c1Cn1c(=O)c2cc(S(=O)(=O)NC3(C)CC3)ccc2n(C)c1=O. The number of hydrogen-bond acceptors (Lipinski definition) is 6. The Bertz CT molecular complexity index is 1340. The molecular formula is C19H22N4O5S. The number of aromatic nitrogens is 3. The van der Waals surface area contributed by atoms with E-state index in [9.17, 15) is 18.0 Å². The molecule has 1 N–H and O–H groups in total. The lowest BCUT2D eigenvalue weighted by atomic mass is 10.2. The molecule has 3 aromatic rings. The Morgan fingerprint density at radius 1 is 1.24 bits per heavy atom. The second kappa shape index (κ2) is 6.39. The normalized spacial score (nSPS) is 15.7. The highest BCUT2D eigenvalue weighted by molar-refractivity contribution is 7.89. The van der Waals surface area contributed by atoms with Crippen LogP contribution in [0.1, 0.15) is 36.8 Å². The van der Waals surface area contributed by atoms with Crippen LogP contribution in [-0.2, 0) is 23.6 Å². The van der Waals surface area contributed by atoms with Crippen molar-refractivity contribution in [2.75, 3.05) is 0 Å². The zero-order valence-electron chi connectivity index (χ0n) is 16.6. The van der Waals surface area contributed by atoms with Crippen LogP contribution < -0.4 is 16.0 Å². The molecule has 0 unspecified atom stereocenters. The van der Waals surface area contributed by atoms with Crippen LogP contribution >= 0.6 is 0 Å². The van der Waals surface area contributed by atoms with Crippen LogP contribution in [-0.4, -0.2) is 28.2 Å². The number of aryl methyl sites for hydroxylation is 3. The van der Waals surface area contributed by atoms with Gasteiger partial charge in [0.25, 0.3) is 5.56 Å². The summed E-state index contributed by atoms with van der Waals surface area (Å²) in [5, 5.41) is 4.01. The van der Waals surface area contributed by atoms with Crippen LogP contribution in [0.3, 0.4) is 0 Å². The van der Waals surface area contributed by atoms with E-state index in [1.807, 2.05) is 6.92 Å². The summed E-state index contributed by atoms with van der Waals surface area (Å²) in [7, 11) is -2.23. The second-order valence-electron chi connectivity index (χ2n) is 7.88. The van der Waals surface area contributed by atoms with E-state index in [0.29, 0.717) is 22.5 Å². The van der Waals surface area contributed by atoms with Crippen molar-refractivity contribution >= 4 is 20.9 Å². The van der Waals surface area contributed by atoms with Gasteiger partial charge in [-0.3, -0.25) is 13.9 Å². The maximum Gasteiger partial charge on any atom is 0.331 e. The molecule has 1 saturated carbocycles. The van der Waals surface area contributed by atoms with Crippen molar-refractivity contribution in [3.05, 3.63) is 56.1 Å². The molecule has 4 rings (SSSR count). The van der Waals surface area contributed by atoms with Gasteiger partial charge in [0, 0.05) is 18.2 Å².